The van der Waals surface area contributed by atoms with Crippen LogP contribution in [0.25, 0.3) is 11.2 Å². The zero-order valence-electron chi connectivity index (χ0n) is 18.5. The molecule has 1 aromatic carbocycles. The van der Waals surface area contributed by atoms with Crippen molar-refractivity contribution in [2.45, 2.75) is 18.9 Å². The molecule has 0 spiro atoms. The SMILES string of the molecule is Bc1cc(C(=O)NCC(=O)N2CCC(n3c(=O)[nH]c4ncccc43)CC2)cc(C(=O)OC)c1. The minimum atomic E-state index is -0.531. The summed E-state index contributed by atoms with van der Waals surface area (Å²) in [4.78, 5) is 58.0. The number of pyridine rings is 1. The minimum absolute atomic E-state index is 0.0295. The molecule has 0 saturated carbocycles. The Morgan fingerprint density at radius 1 is 1.21 bits per heavy atom. The lowest BCUT2D eigenvalue weighted by atomic mass is 9.92. The Kier molecular flexibility index (Phi) is 6.30. The van der Waals surface area contributed by atoms with Crippen molar-refractivity contribution in [3.63, 3.8) is 0 Å². The number of hydrogen-bond donors (Lipinski definition) is 2. The first-order chi connectivity index (χ1) is 15.9. The molecule has 10 nitrogen and oxygen atoms in total. The summed E-state index contributed by atoms with van der Waals surface area (Å²) in [6.45, 7) is 0.813. The average molecular weight is 449 g/mol. The minimum Gasteiger partial charge on any atom is -0.465 e. The van der Waals surface area contributed by atoms with Gasteiger partial charge in [0.05, 0.1) is 24.7 Å². The van der Waals surface area contributed by atoms with Crippen molar-refractivity contribution in [1.82, 2.24) is 24.8 Å². The second-order valence-corrected chi connectivity index (χ2v) is 8.05. The van der Waals surface area contributed by atoms with Crippen LogP contribution in [0.3, 0.4) is 0 Å². The maximum absolute atomic E-state index is 12.6. The second-order valence-electron chi connectivity index (χ2n) is 8.05. The Morgan fingerprint density at radius 3 is 2.67 bits per heavy atom. The highest BCUT2D eigenvalue weighted by molar-refractivity contribution is 6.33. The van der Waals surface area contributed by atoms with Gasteiger partial charge in [-0.25, -0.2) is 14.6 Å². The predicted octanol–water partition coefficient (Wildman–Crippen LogP) is -0.637. The van der Waals surface area contributed by atoms with Crippen molar-refractivity contribution in [2.75, 3.05) is 26.7 Å². The average Bonchev–Trinajstić information content (AvgIpc) is 3.17. The van der Waals surface area contributed by atoms with E-state index < -0.39 is 11.9 Å². The zero-order chi connectivity index (χ0) is 23.5. The molecule has 0 aliphatic carbocycles. The Bertz CT molecular complexity index is 1280. The van der Waals surface area contributed by atoms with Gasteiger partial charge < -0.3 is 15.0 Å². The summed E-state index contributed by atoms with van der Waals surface area (Å²) in [5, 5.41) is 2.63. The summed E-state index contributed by atoms with van der Waals surface area (Å²) in [5.74, 6) is -1.17. The van der Waals surface area contributed by atoms with E-state index in [-0.39, 0.29) is 35.3 Å². The fraction of sp³-hybridized carbons (Fsp3) is 0.318. The molecule has 0 atom stereocenters. The summed E-state index contributed by atoms with van der Waals surface area (Å²) in [6.07, 6.45) is 2.88. The van der Waals surface area contributed by atoms with Crippen molar-refractivity contribution >= 4 is 42.3 Å². The quantitative estimate of drug-likeness (QED) is 0.395. The molecule has 2 aromatic heterocycles. The number of nitrogens with zero attached hydrogens (tertiary/aromatic N) is 3. The van der Waals surface area contributed by atoms with E-state index in [9.17, 15) is 19.2 Å². The van der Waals surface area contributed by atoms with Crippen LogP contribution in [-0.2, 0) is 9.53 Å². The highest BCUT2D eigenvalue weighted by atomic mass is 16.5. The summed E-state index contributed by atoms with van der Waals surface area (Å²) in [5.41, 5.74) is 2.40. The highest BCUT2D eigenvalue weighted by Crippen LogP contribution is 2.24. The second kappa shape index (κ2) is 9.31. The van der Waals surface area contributed by atoms with E-state index in [4.69, 9.17) is 4.74 Å². The summed E-state index contributed by atoms with van der Waals surface area (Å²) >= 11 is 0. The van der Waals surface area contributed by atoms with Crippen molar-refractivity contribution in [3.8, 4) is 0 Å². The molecule has 4 rings (SSSR count). The largest absolute Gasteiger partial charge is 0.465 e. The number of hydrogen-bond acceptors (Lipinski definition) is 6. The third-order valence-electron chi connectivity index (χ3n) is 5.83. The number of piperidine rings is 1. The third-order valence-corrected chi connectivity index (χ3v) is 5.83. The van der Waals surface area contributed by atoms with Gasteiger partial charge in [0.15, 0.2) is 5.65 Å². The van der Waals surface area contributed by atoms with Crippen molar-refractivity contribution in [3.05, 3.63) is 58.1 Å². The maximum atomic E-state index is 12.6. The van der Waals surface area contributed by atoms with Gasteiger partial charge in [-0.1, -0.05) is 17.6 Å². The van der Waals surface area contributed by atoms with E-state index in [1.165, 1.54) is 13.2 Å². The molecule has 0 radical (unpaired) electrons. The summed E-state index contributed by atoms with van der Waals surface area (Å²) in [7, 11) is 3.05. The number of fused-ring (bicyclic) bond motifs is 1. The number of carbonyl (C=O) groups excluding carboxylic acids is 3. The van der Waals surface area contributed by atoms with Crippen LogP contribution in [0.5, 0.6) is 0 Å². The van der Waals surface area contributed by atoms with E-state index >= 15 is 0 Å². The van der Waals surface area contributed by atoms with E-state index in [2.05, 4.69) is 15.3 Å². The van der Waals surface area contributed by atoms with Gasteiger partial charge in [0.25, 0.3) is 5.91 Å². The van der Waals surface area contributed by atoms with E-state index in [1.54, 1.807) is 41.7 Å². The lowest BCUT2D eigenvalue weighted by Crippen LogP contribution is -2.45. The first-order valence-corrected chi connectivity index (χ1v) is 10.7. The van der Waals surface area contributed by atoms with Gasteiger partial charge in [0.2, 0.25) is 5.91 Å². The number of ether oxygens (including phenoxy) is 1. The molecular weight excluding hydrogens is 425 g/mol. The summed E-state index contributed by atoms with van der Waals surface area (Å²) in [6, 6.07) is 8.33. The van der Waals surface area contributed by atoms with Gasteiger partial charge in [0.1, 0.15) is 7.85 Å². The van der Waals surface area contributed by atoms with Gasteiger partial charge in [-0.3, -0.25) is 19.1 Å². The lowest BCUT2D eigenvalue weighted by Gasteiger charge is -2.32. The maximum Gasteiger partial charge on any atom is 0.337 e. The standard InChI is InChI=1S/C22H24BN5O5/c1-33-21(31)14-9-13(10-15(23)11-14)20(30)25-12-18(29)27-7-4-16(5-8-27)28-17-3-2-6-24-19(17)26-22(28)32/h2-3,6,9-11,16H,4-5,7-8,12,23H2,1H3,(H,25,30)(H,24,26,32). The zero-order valence-corrected chi connectivity index (χ0v) is 18.5. The van der Waals surface area contributed by atoms with E-state index in [1.807, 2.05) is 6.07 Å². The summed E-state index contributed by atoms with van der Waals surface area (Å²) < 4.78 is 6.42. The number of carbonyl (C=O) groups is 3. The molecule has 2 N–H and O–H groups in total. The Hall–Kier alpha value is -3.89. The number of amides is 2. The number of benzene rings is 1. The fourth-order valence-electron chi connectivity index (χ4n) is 4.21. The Morgan fingerprint density at radius 2 is 1.94 bits per heavy atom. The van der Waals surface area contributed by atoms with Crippen molar-refractivity contribution in [1.29, 1.82) is 0 Å². The molecule has 11 heteroatoms. The molecular formula is C22H24BN5O5. The first-order valence-electron chi connectivity index (χ1n) is 10.7. The molecule has 2 amide bonds. The molecule has 33 heavy (non-hydrogen) atoms. The van der Waals surface area contributed by atoms with Crippen LogP contribution in [0.2, 0.25) is 0 Å². The Balaban J connectivity index is 1.35. The van der Waals surface area contributed by atoms with Gasteiger partial charge in [0, 0.05) is 30.9 Å². The molecule has 1 aliphatic heterocycles. The number of rotatable bonds is 5. The number of esters is 1. The molecule has 3 aromatic rings. The lowest BCUT2D eigenvalue weighted by molar-refractivity contribution is -0.131. The topological polar surface area (TPSA) is 126 Å². The number of aromatic nitrogens is 3. The molecule has 1 saturated heterocycles. The molecule has 170 valence electrons. The van der Waals surface area contributed by atoms with Gasteiger partial charge in [-0.2, -0.15) is 0 Å². The van der Waals surface area contributed by atoms with Crippen LogP contribution in [0.15, 0.2) is 41.3 Å². The number of methoxy groups -OCH3 is 1. The molecule has 1 fully saturated rings. The first kappa shape index (κ1) is 22.3. The highest BCUT2D eigenvalue weighted by Gasteiger charge is 2.26. The van der Waals surface area contributed by atoms with E-state index in [0.29, 0.717) is 31.6 Å². The number of imidazole rings is 1. The van der Waals surface area contributed by atoms with Crippen molar-refractivity contribution < 1.29 is 19.1 Å². The van der Waals surface area contributed by atoms with Crippen LogP contribution in [0, 0.1) is 0 Å². The molecule has 0 bridgehead atoms. The van der Waals surface area contributed by atoms with Gasteiger partial charge >= 0.3 is 11.7 Å². The molecule has 1 aliphatic rings. The van der Waals surface area contributed by atoms with E-state index in [0.717, 1.165) is 11.0 Å². The van der Waals surface area contributed by atoms with Crippen LogP contribution in [0.4, 0.5) is 0 Å². The number of H-pyrrole nitrogens is 1. The van der Waals surface area contributed by atoms with Crippen LogP contribution in [0.1, 0.15) is 39.6 Å². The third kappa shape index (κ3) is 4.66. The van der Waals surface area contributed by atoms with Gasteiger partial charge in [-0.05, 0) is 31.0 Å². The van der Waals surface area contributed by atoms with Crippen molar-refractivity contribution in [2.24, 2.45) is 0 Å². The monoisotopic (exact) mass is 449 g/mol. The van der Waals surface area contributed by atoms with Crippen LogP contribution >= 0.6 is 0 Å². The number of likely N-dealkylation sites (tertiary alicyclic amines) is 1. The number of nitrogens with one attached hydrogen (secondary N) is 2. The van der Waals surface area contributed by atoms with Crippen LogP contribution < -0.4 is 16.5 Å². The predicted molar refractivity (Wildman–Crippen MR) is 123 cm³/mol. The molecule has 3 heterocycles. The normalized spacial score (nSPS) is 14.3. The van der Waals surface area contributed by atoms with Gasteiger partial charge in [-0.15, -0.1) is 0 Å². The Labute approximate surface area is 190 Å². The van der Waals surface area contributed by atoms with Crippen LogP contribution in [-0.4, -0.2) is 71.8 Å². The fourth-order valence-corrected chi connectivity index (χ4v) is 4.21. The number of aromatic amines is 1. The smallest absolute Gasteiger partial charge is 0.337 e. The molecule has 0 unspecified atom stereocenters.